The molecule has 0 bridgehead atoms. The van der Waals surface area contributed by atoms with Gasteiger partial charge in [-0.25, -0.2) is 4.98 Å². The molecule has 19 heavy (non-hydrogen) atoms. The van der Waals surface area contributed by atoms with Gasteiger partial charge in [-0.15, -0.1) is 0 Å². The zero-order chi connectivity index (χ0) is 13.7. The summed E-state index contributed by atoms with van der Waals surface area (Å²) in [4.78, 5) is 4.37. The summed E-state index contributed by atoms with van der Waals surface area (Å²) in [5.41, 5.74) is 14.0. The number of H-pyrrole nitrogens is 1. The number of allylic oxidation sites excluding steroid dienone is 1. The zero-order valence-electron chi connectivity index (χ0n) is 11.3. The summed E-state index contributed by atoms with van der Waals surface area (Å²) < 4.78 is 0. The second-order valence-corrected chi connectivity index (χ2v) is 4.60. The maximum atomic E-state index is 5.82. The van der Waals surface area contributed by atoms with Crippen molar-refractivity contribution in [3.63, 3.8) is 0 Å². The van der Waals surface area contributed by atoms with Crippen molar-refractivity contribution < 1.29 is 0 Å². The SMILES string of the molecule is CCCCN.Nc1nc2c(c3cn[nH]c13)C=CCC2. The average Bonchev–Trinajstić information content (AvgIpc) is 2.91. The molecule has 2 heterocycles. The number of nitrogens with zero attached hydrogens (tertiary/aromatic N) is 2. The predicted octanol–water partition coefficient (Wildman–Crippen LogP) is 2.24. The van der Waals surface area contributed by atoms with Gasteiger partial charge in [-0.3, -0.25) is 5.10 Å². The number of nitrogen functional groups attached to an aromatic ring is 1. The lowest BCUT2D eigenvalue weighted by Crippen LogP contribution is -2.02. The molecule has 0 aromatic carbocycles. The molecule has 3 rings (SSSR count). The van der Waals surface area contributed by atoms with E-state index in [-0.39, 0.29) is 0 Å². The van der Waals surface area contributed by atoms with E-state index in [1.165, 1.54) is 12.8 Å². The smallest absolute Gasteiger partial charge is 0.149 e. The van der Waals surface area contributed by atoms with Crippen molar-refractivity contribution in [3.8, 4) is 0 Å². The number of rotatable bonds is 2. The van der Waals surface area contributed by atoms with Gasteiger partial charge in [0.25, 0.3) is 0 Å². The number of aryl methyl sites for hydroxylation is 1. The molecule has 2 aromatic heterocycles. The van der Waals surface area contributed by atoms with Gasteiger partial charge in [-0.2, -0.15) is 5.10 Å². The Kier molecular flexibility index (Phi) is 4.52. The lowest BCUT2D eigenvalue weighted by atomic mass is 10.00. The minimum Gasteiger partial charge on any atom is -0.382 e. The first-order chi connectivity index (χ1) is 9.27. The minimum absolute atomic E-state index is 0.548. The Morgan fingerprint density at radius 1 is 1.42 bits per heavy atom. The molecule has 0 unspecified atom stereocenters. The molecule has 5 heteroatoms. The highest BCUT2D eigenvalue weighted by molar-refractivity contribution is 5.94. The molecule has 5 N–H and O–H groups in total. The van der Waals surface area contributed by atoms with E-state index >= 15 is 0 Å². The Labute approximate surface area is 113 Å². The van der Waals surface area contributed by atoms with Gasteiger partial charge in [0, 0.05) is 10.9 Å². The van der Waals surface area contributed by atoms with Crippen LogP contribution in [0.15, 0.2) is 12.3 Å². The minimum atomic E-state index is 0.548. The quantitative estimate of drug-likeness (QED) is 0.771. The third-order valence-electron chi connectivity index (χ3n) is 3.14. The molecular weight excluding hydrogens is 238 g/mol. The van der Waals surface area contributed by atoms with Crippen LogP contribution in [0.3, 0.4) is 0 Å². The van der Waals surface area contributed by atoms with Gasteiger partial charge in [-0.1, -0.05) is 25.5 Å². The molecule has 0 aliphatic heterocycles. The first kappa shape index (κ1) is 13.5. The lowest BCUT2D eigenvalue weighted by Gasteiger charge is -2.10. The fraction of sp³-hybridized carbons (Fsp3) is 0.429. The fourth-order valence-corrected chi connectivity index (χ4v) is 2.10. The number of nitrogens with one attached hydrogen (secondary N) is 1. The van der Waals surface area contributed by atoms with Gasteiger partial charge in [0.15, 0.2) is 0 Å². The number of pyridine rings is 1. The molecule has 0 atom stereocenters. The lowest BCUT2D eigenvalue weighted by molar-refractivity contribution is 0.807. The van der Waals surface area contributed by atoms with E-state index in [1.807, 2.05) is 6.20 Å². The van der Waals surface area contributed by atoms with Crippen molar-refractivity contribution >= 4 is 22.8 Å². The third kappa shape index (κ3) is 2.93. The first-order valence-electron chi connectivity index (χ1n) is 6.76. The highest BCUT2D eigenvalue weighted by Gasteiger charge is 2.13. The number of unbranched alkanes of at least 4 members (excludes halogenated alkanes) is 1. The van der Waals surface area contributed by atoms with E-state index in [4.69, 9.17) is 11.5 Å². The monoisotopic (exact) mass is 259 g/mol. The predicted molar refractivity (Wildman–Crippen MR) is 79.6 cm³/mol. The summed E-state index contributed by atoms with van der Waals surface area (Å²) >= 11 is 0. The molecule has 0 fully saturated rings. The third-order valence-corrected chi connectivity index (χ3v) is 3.14. The van der Waals surface area contributed by atoms with Crippen LogP contribution in [0.25, 0.3) is 17.0 Å². The van der Waals surface area contributed by atoms with E-state index in [0.717, 1.165) is 41.5 Å². The second kappa shape index (κ2) is 6.33. The Morgan fingerprint density at radius 3 is 2.95 bits per heavy atom. The maximum Gasteiger partial charge on any atom is 0.149 e. The van der Waals surface area contributed by atoms with Gasteiger partial charge in [0.2, 0.25) is 0 Å². The zero-order valence-corrected chi connectivity index (χ0v) is 11.3. The first-order valence-corrected chi connectivity index (χ1v) is 6.76. The van der Waals surface area contributed by atoms with Gasteiger partial charge in [0.05, 0.1) is 11.9 Å². The number of aromatic nitrogens is 3. The molecule has 0 saturated carbocycles. The van der Waals surface area contributed by atoms with Crippen LogP contribution in [0.4, 0.5) is 5.82 Å². The van der Waals surface area contributed by atoms with E-state index in [2.05, 4.69) is 34.3 Å². The molecule has 5 nitrogen and oxygen atoms in total. The van der Waals surface area contributed by atoms with Crippen LogP contribution in [-0.4, -0.2) is 21.7 Å². The molecule has 2 aromatic rings. The van der Waals surface area contributed by atoms with Crippen molar-refractivity contribution in [1.82, 2.24) is 15.2 Å². The van der Waals surface area contributed by atoms with Crippen LogP contribution in [0.1, 0.15) is 37.4 Å². The number of fused-ring (bicyclic) bond motifs is 3. The van der Waals surface area contributed by atoms with E-state index < -0.39 is 0 Å². The van der Waals surface area contributed by atoms with Crippen molar-refractivity contribution in [2.45, 2.75) is 32.6 Å². The van der Waals surface area contributed by atoms with Gasteiger partial charge in [-0.05, 0) is 25.8 Å². The number of aromatic amines is 1. The van der Waals surface area contributed by atoms with Crippen LogP contribution < -0.4 is 11.5 Å². The average molecular weight is 259 g/mol. The summed E-state index contributed by atoms with van der Waals surface area (Å²) in [6, 6.07) is 0. The van der Waals surface area contributed by atoms with Crippen molar-refractivity contribution in [1.29, 1.82) is 0 Å². The summed E-state index contributed by atoms with van der Waals surface area (Å²) in [7, 11) is 0. The summed E-state index contributed by atoms with van der Waals surface area (Å²) in [6.45, 7) is 2.98. The Bertz CT molecular complexity index is 568. The molecule has 0 saturated heterocycles. The molecular formula is C14H21N5. The highest BCUT2D eigenvalue weighted by Crippen LogP contribution is 2.27. The van der Waals surface area contributed by atoms with Crippen LogP contribution in [0, 0.1) is 0 Å². The van der Waals surface area contributed by atoms with Crippen molar-refractivity contribution in [3.05, 3.63) is 23.5 Å². The number of hydrogen-bond donors (Lipinski definition) is 3. The molecule has 1 aliphatic carbocycles. The Hall–Kier alpha value is -1.88. The largest absolute Gasteiger partial charge is 0.382 e. The second-order valence-electron chi connectivity index (χ2n) is 4.60. The molecule has 0 spiro atoms. The normalized spacial score (nSPS) is 12.9. The molecule has 0 radical (unpaired) electrons. The molecule has 0 amide bonds. The molecule has 1 aliphatic rings. The van der Waals surface area contributed by atoms with Gasteiger partial charge in [0.1, 0.15) is 11.3 Å². The van der Waals surface area contributed by atoms with E-state index in [9.17, 15) is 0 Å². The van der Waals surface area contributed by atoms with Gasteiger partial charge < -0.3 is 11.5 Å². The van der Waals surface area contributed by atoms with Crippen LogP contribution in [-0.2, 0) is 6.42 Å². The Morgan fingerprint density at radius 2 is 2.26 bits per heavy atom. The summed E-state index contributed by atoms with van der Waals surface area (Å²) in [5, 5.41) is 7.93. The van der Waals surface area contributed by atoms with E-state index in [0.29, 0.717) is 5.82 Å². The van der Waals surface area contributed by atoms with Crippen LogP contribution in [0.5, 0.6) is 0 Å². The van der Waals surface area contributed by atoms with E-state index in [1.54, 1.807) is 0 Å². The maximum absolute atomic E-state index is 5.82. The molecule has 102 valence electrons. The van der Waals surface area contributed by atoms with Crippen LogP contribution >= 0.6 is 0 Å². The fourth-order valence-electron chi connectivity index (χ4n) is 2.10. The van der Waals surface area contributed by atoms with Gasteiger partial charge >= 0.3 is 0 Å². The van der Waals surface area contributed by atoms with Crippen molar-refractivity contribution in [2.24, 2.45) is 5.73 Å². The highest BCUT2D eigenvalue weighted by atomic mass is 15.1. The topological polar surface area (TPSA) is 93.6 Å². The number of anilines is 1. The van der Waals surface area contributed by atoms with Crippen LogP contribution in [0.2, 0.25) is 0 Å². The standard InChI is InChI=1S/C10H10N4.C4H11N/c11-10-9-7(5-12-14-9)6-3-1-2-4-8(6)13-10;1-2-3-4-5/h1,3,5H,2,4H2,(H2,11,13)(H,12,14);2-5H2,1H3. The number of hydrogen-bond acceptors (Lipinski definition) is 4. The van der Waals surface area contributed by atoms with Crippen molar-refractivity contribution in [2.75, 3.05) is 12.3 Å². The number of nitrogens with two attached hydrogens (primary N) is 2. The summed E-state index contributed by atoms with van der Waals surface area (Å²) in [6.07, 6.45) is 10.5. The summed E-state index contributed by atoms with van der Waals surface area (Å²) in [5.74, 6) is 0.548. The Balaban J connectivity index is 0.000000232.